The standard InChI is InChI=1S/C53H44N4O2/c1-3-38-7-17-43(18-8-38)55(45-23-13-41(36-58)14-24-45)48-27-29-52-50(33-48)51-34-49(56(44-19-9-39(4-2)10-20-44)46-25-15-42(37-59)16-26-46)28-30-53(51)57(52)47-21-11-40(12-22-47)35-54-31-5-6-32-54/h3-34,58-59H,1-2,35-37H2. The van der Waals surface area contributed by atoms with E-state index >= 15 is 0 Å². The van der Waals surface area contributed by atoms with Crippen LogP contribution in [0.15, 0.2) is 195 Å². The molecule has 0 fully saturated rings. The van der Waals surface area contributed by atoms with E-state index in [-0.39, 0.29) is 13.2 Å². The van der Waals surface area contributed by atoms with Crippen LogP contribution in [-0.4, -0.2) is 19.3 Å². The van der Waals surface area contributed by atoms with Gasteiger partial charge in [0.1, 0.15) is 0 Å². The molecule has 59 heavy (non-hydrogen) atoms. The van der Waals surface area contributed by atoms with Crippen LogP contribution in [0.3, 0.4) is 0 Å². The summed E-state index contributed by atoms with van der Waals surface area (Å²) in [7, 11) is 0. The smallest absolute Gasteiger partial charge is 0.0681 e. The first-order valence-electron chi connectivity index (χ1n) is 19.8. The van der Waals surface area contributed by atoms with Gasteiger partial charge in [-0.05, 0) is 137 Å². The number of nitrogens with zero attached hydrogens (tertiary/aromatic N) is 4. The summed E-state index contributed by atoms with van der Waals surface area (Å²) in [6.07, 6.45) is 7.89. The summed E-state index contributed by atoms with van der Waals surface area (Å²) in [6, 6.07) is 59.3. The third-order valence-electron chi connectivity index (χ3n) is 11.0. The number of rotatable bonds is 13. The van der Waals surface area contributed by atoms with Gasteiger partial charge in [0.25, 0.3) is 0 Å². The van der Waals surface area contributed by atoms with Crippen LogP contribution in [0, 0.1) is 0 Å². The van der Waals surface area contributed by atoms with E-state index in [4.69, 9.17) is 0 Å². The van der Waals surface area contributed by atoms with Gasteiger partial charge in [-0.3, -0.25) is 0 Å². The van der Waals surface area contributed by atoms with Crippen molar-refractivity contribution in [3.8, 4) is 5.69 Å². The molecule has 6 heteroatoms. The van der Waals surface area contributed by atoms with Crippen LogP contribution in [0.4, 0.5) is 34.1 Å². The van der Waals surface area contributed by atoms with Crippen molar-refractivity contribution < 1.29 is 10.2 Å². The lowest BCUT2D eigenvalue weighted by Crippen LogP contribution is -2.10. The van der Waals surface area contributed by atoms with Gasteiger partial charge in [0.15, 0.2) is 0 Å². The van der Waals surface area contributed by atoms with Crippen LogP contribution in [0.2, 0.25) is 0 Å². The molecule has 2 heterocycles. The van der Waals surface area contributed by atoms with Gasteiger partial charge >= 0.3 is 0 Å². The minimum Gasteiger partial charge on any atom is -0.392 e. The molecule has 0 saturated carbocycles. The average molecular weight is 769 g/mol. The minimum atomic E-state index is -0.0174. The fraction of sp³-hybridized carbons (Fsp3) is 0.0566. The van der Waals surface area contributed by atoms with Crippen LogP contribution in [-0.2, 0) is 19.8 Å². The first-order valence-corrected chi connectivity index (χ1v) is 19.8. The summed E-state index contributed by atoms with van der Waals surface area (Å²) in [5, 5.41) is 21.9. The van der Waals surface area contributed by atoms with Crippen LogP contribution >= 0.6 is 0 Å². The zero-order chi connectivity index (χ0) is 40.3. The molecule has 0 aliphatic carbocycles. The van der Waals surface area contributed by atoms with E-state index in [1.54, 1.807) is 0 Å². The summed E-state index contributed by atoms with van der Waals surface area (Å²) < 4.78 is 4.54. The van der Waals surface area contributed by atoms with Gasteiger partial charge in [-0.1, -0.05) is 86.0 Å². The van der Waals surface area contributed by atoms with Crippen molar-refractivity contribution >= 4 is 68.1 Å². The maximum absolute atomic E-state index is 9.86. The molecule has 0 aliphatic rings. The van der Waals surface area contributed by atoms with E-state index in [2.05, 4.69) is 190 Å². The predicted molar refractivity (Wildman–Crippen MR) is 246 cm³/mol. The van der Waals surface area contributed by atoms with Crippen LogP contribution in [0.25, 0.3) is 39.6 Å². The topological polar surface area (TPSA) is 56.8 Å². The highest BCUT2D eigenvalue weighted by Gasteiger charge is 2.20. The lowest BCUT2D eigenvalue weighted by atomic mass is 10.1. The molecule has 0 saturated heterocycles. The van der Waals surface area contributed by atoms with E-state index in [1.807, 2.05) is 36.4 Å². The second-order valence-corrected chi connectivity index (χ2v) is 14.7. The van der Waals surface area contributed by atoms with Gasteiger partial charge < -0.3 is 29.1 Å². The van der Waals surface area contributed by atoms with E-state index < -0.39 is 0 Å². The van der Waals surface area contributed by atoms with Crippen molar-refractivity contribution in [2.75, 3.05) is 9.80 Å². The molecule has 2 aromatic heterocycles. The van der Waals surface area contributed by atoms with Crippen molar-refractivity contribution in [3.05, 3.63) is 223 Å². The Morgan fingerprint density at radius 1 is 0.441 bits per heavy atom. The zero-order valence-corrected chi connectivity index (χ0v) is 32.7. The number of benzene rings is 7. The Kier molecular flexibility index (Phi) is 10.2. The zero-order valence-electron chi connectivity index (χ0n) is 32.7. The highest BCUT2D eigenvalue weighted by Crippen LogP contribution is 2.43. The monoisotopic (exact) mass is 768 g/mol. The second kappa shape index (κ2) is 16.2. The van der Waals surface area contributed by atoms with Crippen molar-refractivity contribution in [1.29, 1.82) is 0 Å². The number of aliphatic hydroxyl groups excluding tert-OH is 2. The summed E-state index contributed by atoms with van der Waals surface area (Å²) >= 11 is 0. The van der Waals surface area contributed by atoms with Gasteiger partial charge in [-0.15, -0.1) is 0 Å². The molecular weight excluding hydrogens is 725 g/mol. The van der Waals surface area contributed by atoms with Gasteiger partial charge in [0.05, 0.1) is 24.2 Å². The number of anilines is 6. The number of aromatic nitrogens is 2. The van der Waals surface area contributed by atoms with Gasteiger partial charge in [0.2, 0.25) is 0 Å². The van der Waals surface area contributed by atoms with Crippen molar-refractivity contribution in [2.24, 2.45) is 0 Å². The van der Waals surface area contributed by atoms with Crippen LogP contribution in [0.5, 0.6) is 0 Å². The SMILES string of the molecule is C=Cc1ccc(N(c2ccc(CO)cc2)c2ccc3c(c2)c2cc(N(c4ccc(C=C)cc4)c4ccc(CO)cc4)ccc2n3-c2ccc(Cn3cccc3)cc2)cc1. The maximum Gasteiger partial charge on any atom is 0.0681 e. The first kappa shape index (κ1) is 37.2. The molecule has 0 amide bonds. The number of fused-ring (bicyclic) bond motifs is 3. The predicted octanol–water partition coefficient (Wildman–Crippen LogP) is 12.8. The minimum absolute atomic E-state index is 0.0174. The van der Waals surface area contributed by atoms with E-state index in [0.29, 0.717) is 0 Å². The Morgan fingerprint density at radius 3 is 1.20 bits per heavy atom. The van der Waals surface area contributed by atoms with Gasteiger partial charge in [-0.25, -0.2) is 0 Å². The molecule has 9 aromatic rings. The van der Waals surface area contributed by atoms with Crippen molar-refractivity contribution in [2.45, 2.75) is 19.8 Å². The van der Waals surface area contributed by atoms with E-state index in [1.165, 1.54) is 5.56 Å². The average Bonchev–Trinajstić information content (AvgIpc) is 3.93. The molecule has 288 valence electrons. The fourth-order valence-electron chi connectivity index (χ4n) is 7.91. The molecule has 2 N–H and O–H groups in total. The molecule has 0 spiro atoms. The van der Waals surface area contributed by atoms with Gasteiger partial charge in [-0.2, -0.15) is 0 Å². The number of hydrogen-bond donors (Lipinski definition) is 2. The van der Waals surface area contributed by atoms with E-state index in [9.17, 15) is 10.2 Å². The Morgan fingerprint density at radius 2 is 0.814 bits per heavy atom. The van der Waals surface area contributed by atoms with Gasteiger partial charge in [0, 0.05) is 69.5 Å². The first-order chi connectivity index (χ1) is 29.0. The second-order valence-electron chi connectivity index (χ2n) is 14.7. The molecular formula is C53H44N4O2. The number of aliphatic hydroxyl groups is 2. The molecule has 0 unspecified atom stereocenters. The molecule has 0 atom stereocenters. The Bertz CT molecular complexity index is 2710. The highest BCUT2D eigenvalue weighted by molar-refractivity contribution is 6.12. The molecule has 0 bridgehead atoms. The fourth-order valence-corrected chi connectivity index (χ4v) is 7.91. The largest absolute Gasteiger partial charge is 0.392 e. The van der Waals surface area contributed by atoms with Crippen LogP contribution < -0.4 is 9.80 Å². The lowest BCUT2D eigenvalue weighted by molar-refractivity contribution is 0.281. The quantitative estimate of drug-likeness (QED) is 0.123. The Hall–Kier alpha value is -7.38. The summed E-state index contributed by atoms with van der Waals surface area (Å²) in [4.78, 5) is 4.51. The third-order valence-corrected chi connectivity index (χ3v) is 11.0. The Labute approximate surface area is 344 Å². The highest BCUT2D eigenvalue weighted by atomic mass is 16.3. The molecule has 0 radical (unpaired) electrons. The van der Waals surface area contributed by atoms with E-state index in [0.717, 1.165) is 90.4 Å². The Balaban J connectivity index is 1.25. The summed E-state index contributed by atoms with van der Waals surface area (Å²) in [6.45, 7) is 8.71. The summed E-state index contributed by atoms with van der Waals surface area (Å²) in [5.41, 5.74) is 14.3. The number of hydrogen-bond acceptors (Lipinski definition) is 4. The van der Waals surface area contributed by atoms with Crippen LogP contribution in [0.1, 0.15) is 27.8 Å². The lowest BCUT2D eigenvalue weighted by Gasteiger charge is -2.26. The third kappa shape index (κ3) is 7.35. The maximum atomic E-state index is 9.86. The molecule has 7 aromatic carbocycles. The van der Waals surface area contributed by atoms with Crippen molar-refractivity contribution in [1.82, 2.24) is 9.13 Å². The summed E-state index contributed by atoms with van der Waals surface area (Å²) in [5.74, 6) is 0. The molecule has 6 nitrogen and oxygen atoms in total. The molecule has 0 aliphatic heterocycles. The normalized spacial score (nSPS) is 11.2. The van der Waals surface area contributed by atoms with Crippen molar-refractivity contribution in [3.63, 3.8) is 0 Å². The molecule has 9 rings (SSSR count).